The molecule has 0 bridgehead atoms. The molecule has 108 valence electrons. The Morgan fingerprint density at radius 1 is 1.30 bits per heavy atom. The van der Waals surface area contributed by atoms with E-state index >= 15 is 0 Å². The number of aryl methyl sites for hydroxylation is 2. The number of rotatable bonds is 2. The second-order valence-electron chi connectivity index (χ2n) is 6.15. The number of fused-ring (bicyclic) bond motifs is 1. The first-order valence-corrected chi connectivity index (χ1v) is 7.28. The minimum Gasteiger partial charge on any atom is -0.394 e. The molecule has 2 aromatic rings. The first-order valence-electron chi connectivity index (χ1n) is 7.28. The third-order valence-corrected chi connectivity index (χ3v) is 4.62. The summed E-state index contributed by atoms with van der Waals surface area (Å²) in [5.41, 5.74) is 10.6. The van der Waals surface area contributed by atoms with Gasteiger partial charge in [0.15, 0.2) is 5.82 Å². The summed E-state index contributed by atoms with van der Waals surface area (Å²) < 4.78 is 1.98. The molecule has 0 spiro atoms. The monoisotopic (exact) mass is 274 g/mol. The van der Waals surface area contributed by atoms with E-state index < -0.39 is 0 Å². The van der Waals surface area contributed by atoms with Gasteiger partial charge in [0.2, 0.25) is 0 Å². The summed E-state index contributed by atoms with van der Waals surface area (Å²) in [7, 11) is 4.43. The molecular weight excluding hydrogens is 250 g/mol. The van der Waals surface area contributed by atoms with Gasteiger partial charge in [-0.3, -0.25) is 0 Å². The molecule has 0 radical (unpaired) electrons. The lowest BCUT2D eigenvalue weighted by atomic mass is 10.2. The Bertz CT molecular complexity index is 643. The van der Waals surface area contributed by atoms with Crippen LogP contribution in [-0.4, -0.2) is 42.8 Å². The number of quaternary nitrogens is 1. The number of aromatic nitrogens is 2. The fraction of sp³-hybridized carbons (Fsp3) is 0.533. The van der Waals surface area contributed by atoms with E-state index in [1.807, 2.05) is 4.52 Å². The van der Waals surface area contributed by atoms with Gasteiger partial charge in [0.25, 0.3) is 0 Å². The Morgan fingerprint density at radius 2 is 2.05 bits per heavy atom. The highest BCUT2D eigenvalue weighted by Crippen LogP contribution is 2.30. The summed E-state index contributed by atoms with van der Waals surface area (Å²) in [5, 5.41) is 4.76. The number of nitrogens with one attached hydrogen (secondary N) is 1. The van der Waals surface area contributed by atoms with E-state index in [1.165, 1.54) is 16.9 Å². The van der Waals surface area contributed by atoms with Crippen molar-refractivity contribution in [2.45, 2.75) is 26.3 Å². The Hall–Kier alpha value is -1.75. The maximum Gasteiger partial charge on any atom is 0.175 e. The molecule has 1 atom stereocenters. The summed E-state index contributed by atoms with van der Waals surface area (Å²) in [4.78, 5) is 3.83. The lowest BCUT2D eigenvalue weighted by Gasteiger charge is -2.18. The molecule has 0 aromatic carbocycles. The fourth-order valence-electron chi connectivity index (χ4n) is 3.00. The smallest absolute Gasteiger partial charge is 0.175 e. The highest BCUT2D eigenvalue weighted by Gasteiger charge is 2.30. The van der Waals surface area contributed by atoms with Gasteiger partial charge in [-0.1, -0.05) is 6.07 Å². The zero-order valence-corrected chi connectivity index (χ0v) is 12.8. The average molecular weight is 274 g/mol. The van der Waals surface area contributed by atoms with Gasteiger partial charge in [0, 0.05) is 18.7 Å². The van der Waals surface area contributed by atoms with Crippen LogP contribution in [0, 0.1) is 13.8 Å². The van der Waals surface area contributed by atoms with Crippen LogP contribution in [0.15, 0.2) is 12.1 Å². The van der Waals surface area contributed by atoms with Crippen molar-refractivity contribution in [1.29, 1.82) is 0 Å². The molecule has 3 heterocycles. The van der Waals surface area contributed by atoms with Crippen LogP contribution in [0.4, 0.5) is 11.5 Å². The van der Waals surface area contributed by atoms with Crippen molar-refractivity contribution in [1.82, 2.24) is 9.61 Å². The quantitative estimate of drug-likeness (QED) is 0.826. The molecule has 5 heteroatoms. The topological polar surface area (TPSA) is 51.0 Å². The molecule has 0 amide bonds. The molecule has 1 unspecified atom stereocenters. The van der Waals surface area contributed by atoms with Gasteiger partial charge in [-0.25, -0.2) is 4.52 Å². The largest absolute Gasteiger partial charge is 0.394 e. The van der Waals surface area contributed by atoms with Gasteiger partial charge >= 0.3 is 0 Å². The van der Waals surface area contributed by atoms with Gasteiger partial charge in [-0.2, -0.15) is 0 Å². The summed E-state index contributed by atoms with van der Waals surface area (Å²) in [5.74, 6) is 0.947. The third-order valence-electron chi connectivity index (χ3n) is 4.62. The molecule has 1 aliphatic heterocycles. The molecular formula is C15H24N5+. The molecule has 1 fully saturated rings. The van der Waals surface area contributed by atoms with E-state index in [9.17, 15) is 0 Å². The van der Waals surface area contributed by atoms with Crippen LogP contribution < -0.4 is 15.5 Å². The van der Waals surface area contributed by atoms with Crippen molar-refractivity contribution in [3.05, 3.63) is 23.4 Å². The Morgan fingerprint density at radius 3 is 2.70 bits per heavy atom. The van der Waals surface area contributed by atoms with Gasteiger partial charge in [-0.05, 0) is 25.5 Å². The van der Waals surface area contributed by atoms with Crippen molar-refractivity contribution in [2.24, 2.45) is 0 Å². The van der Waals surface area contributed by atoms with Crippen molar-refractivity contribution < 1.29 is 4.90 Å². The highest BCUT2D eigenvalue weighted by molar-refractivity contribution is 5.82. The van der Waals surface area contributed by atoms with E-state index in [2.05, 4.69) is 45.0 Å². The van der Waals surface area contributed by atoms with E-state index in [1.54, 1.807) is 0 Å². The van der Waals surface area contributed by atoms with Crippen LogP contribution in [0.2, 0.25) is 0 Å². The summed E-state index contributed by atoms with van der Waals surface area (Å²) in [6, 6.07) is 4.85. The number of hydrogen-bond acceptors (Lipinski definition) is 3. The second-order valence-corrected chi connectivity index (χ2v) is 6.15. The number of nitrogens with zero attached hydrogens (tertiary/aromatic N) is 3. The minimum absolute atomic E-state index is 0.669. The molecule has 3 rings (SSSR count). The first kappa shape index (κ1) is 13.2. The molecule has 5 nitrogen and oxygen atoms in total. The summed E-state index contributed by atoms with van der Waals surface area (Å²) in [6.45, 7) is 6.28. The number of nitrogen functional groups attached to an aromatic ring is 1. The maximum absolute atomic E-state index is 6.33. The molecule has 0 aliphatic carbocycles. The average Bonchev–Trinajstić information content (AvgIpc) is 2.99. The lowest BCUT2D eigenvalue weighted by molar-refractivity contribution is -0.882. The second kappa shape index (κ2) is 4.66. The SMILES string of the molecule is Cc1ccc2c(N)c(N3CCC([NH+](C)C)C3)nn2c1C. The fourth-order valence-corrected chi connectivity index (χ4v) is 3.00. The third kappa shape index (κ3) is 1.93. The van der Waals surface area contributed by atoms with Crippen molar-refractivity contribution in [3.8, 4) is 0 Å². The van der Waals surface area contributed by atoms with Gasteiger partial charge < -0.3 is 15.5 Å². The standard InChI is InChI=1S/C15H23N5/c1-10-5-6-13-14(16)15(17-20(13)11(10)2)19-8-7-12(9-19)18(3)4/h5-6,12H,7-9,16H2,1-4H3/p+1. The Labute approximate surface area is 120 Å². The van der Waals surface area contributed by atoms with E-state index in [0.717, 1.165) is 35.8 Å². The van der Waals surface area contributed by atoms with Crippen LogP contribution in [-0.2, 0) is 0 Å². The van der Waals surface area contributed by atoms with Crippen LogP contribution >= 0.6 is 0 Å². The summed E-state index contributed by atoms with van der Waals surface area (Å²) >= 11 is 0. The number of pyridine rings is 1. The highest BCUT2D eigenvalue weighted by atomic mass is 15.4. The maximum atomic E-state index is 6.33. The number of likely N-dealkylation sites (N-methyl/N-ethyl adjacent to an activating group) is 1. The molecule has 1 saturated heterocycles. The van der Waals surface area contributed by atoms with E-state index in [4.69, 9.17) is 10.8 Å². The number of hydrogen-bond donors (Lipinski definition) is 2. The minimum atomic E-state index is 0.669. The summed E-state index contributed by atoms with van der Waals surface area (Å²) in [6.07, 6.45) is 1.20. The van der Waals surface area contributed by atoms with E-state index in [-0.39, 0.29) is 0 Å². The van der Waals surface area contributed by atoms with E-state index in [0.29, 0.717) is 6.04 Å². The molecule has 3 N–H and O–H groups in total. The molecule has 0 saturated carbocycles. The number of anilines is 2. The molecule has 1 aliphatic rings. The van der Waals surface area contributed by atoms with Crippen molar-refractivity contribution in [3.63, 3.8) is 0 Å². The zero-order valence-electron chi connectivity index (χ0n) is 12.8. The van der Waals surface area contributed by atoms with Gasteiger partial charge in [0.05, 0.1) is 26.2 Å². The predicted molar refractivity (Wildman–Crippen MR) is 82.5 cm³/mol. The van der Waals surface area contributed by atoms with Crippen LogP contribution in [0.3, 0.4) is 0 Å². The predicted octanol–water partition coefficient (Wildman–Crippen LogP) is 0.257. The van der Waals surface area contributed by atoms with Crippen LogP contribution in [0.1, 0.15) is 17.7 Å². The molecule has 20 heavy (non-hydrogen) atoms. The lowest BCUT2D eigenvalue weighted by Crippen LogP contribution is -3.10. The van der Waals surface area contributed by atoms with Crippen LogP contribution in [0.25, 0.3) is 5.52 Å². The van der Waals surface area contributed by atoms with Gasteiger partial charge in [-0.15, -0.1) is 5.10 Å². The van der Waals surface area contributed by atoms with Crippen LogP contribution in [0.5, 0.6) is 0 Å². The Kier molecular flexibility index (Phi) is 3.09. The zero-order chi connectivity index (χ0) is 14.4. The van der Waals surface area contributed by atoms with Gasteiger partial charge in [0.1, 0.15) is 11.7 Å². The Balaban J connectivity index is 2.01. The van der Waals surface area contributed by atoms with Crippen molar-refractivity contribution >= 4 is 17.0 Å². The van der Waals surface area contributed by atoms with Crippen molar-refractivity contribution in [2.75, 3.05) is 37.8 Å². The number of nitrogens with two attached hydrogens (primary N) is 1. The molecule has 2 aromatic heterocycles. The normalized spacial score (nSPS) is 19.4. The first-order chi connectivity index (χ1) is 9.49.